The van der Waals surface area contributed by atoms with Gasteiger partial charge in [0.25, 0.3) is 0 Å². The monoisotopic (exact) mass is 275 g/mol. The Bertz CT molecular complexity index is 439. The van der Waals surface area contributed by atoms with E-state index in [1.54, 1.807) is 0 Å². The number of rotatable bonds is 5. The van der Waals surface area contributed by atoms with Crippen LogP contribution in [-0.2, 0) is 4.79 Å². The molecule has 1 saturated heterocycles. The lowest BCUT2D eigenvalue weighted by Crippen LogP contribution is -2.41. The van der Waals surface area contributed by atoms with Gasteiger partial charge in [0.2, 0.25) is 5.91 Å². The first-order valence-electron chi connectivity index (χ1n) is 7.67. The van der Waals surface area contributed by atoms with Crippen LogP contribution >= 0.6 is 0 Å². The number of carbonyl (C=O) groups is 1. The largest absolute Gasteiger partial charge is 0.357 e. The molecule has 1 aromatic rings. The number of anilines is 1. The Morgan fingerprint density at radius 1 is 1.40 bits per heavy atom. The highest BCUT2D eigenvalue weighted by Gasteiger charge is 2.25. The fourth-order valence-electron chi connectivity index (χ4n) is 2.61. The van der Waals surface area contributed by atoms with Gasteiger partial charge in [0.1, 0.15) is 5.82 Å². The van der Waals surface area contributed by atoms with Crippen molar-refractivity contribution in [3.05, 3.63) is 23.9 Å². The molecule has 1 aromatic heterocycles. The van der Waals surface area contributed by atoms with Gasteiger partial charge in [-0.25, -0.2) is 4.98 Å². The van der Waals surface area contributed by atoms with E-state index in [0.29, 0.717) is 0 Å². The Morgan fingerprint density at radius 3 is 2.80 bits per heavy atom. The van der Waals surface area contributed by atoms with Crippen LogP contribution in [0.4, 0.5) is 5.82 Å². The van der Waals surface area contributed by atoms with Crippen LogP contribution in [0, 0.1) is 12.8 Å². The van der Waals surface area contributed by atoms with Crippen molar-refractivity contribution in [1.82, 2.24) is 10.3 Å². The van der Waals surface area contributed by atoms with Crippen LogP contribution in [0.15, 0.2) is 18.2 Å². The van der Waals surface area contributed by atoms with Gasteiger partial charge in [-0.1, -0.05) is 19.4 Å². The lowest BCUT2D eigenvalue weighted by atomic mass is 9.96. The van der Waals surface area contributed by atoms with Crippen molar-refractivity contribution in [3.63, 3.8) is 0 Å². The van der Waals surface area contributed by atoms with E-state index in [2.05, 4.69) is 28.2 Å². The first-order valence-corrected chi connectivity index (χ1v) is 7.67. The summed E-state index contributed by atoms with van der Waals surface area (Å²) < 4.78 is 0. The molecule has 0 atom stereocenters. The number of hydrogen-bond donors (Lipinski definition) is 1. The number of unbranched alkanes of at least 4 members (excludes halogenated alkanes) is 1. The molecular weight excluding hydrogens is 250 g/mol. The molecule has 0 radical (unpaired) electrons. The van der Waals surface area contributed by atoms with E-state index in [1.807, 2.05) is 19.1 Å². The maximum Gasteiger partial charge on any atom is 0.223 e. The molecule has 1 fully saturated rings. The molecule has 1 amide bonds. The summed E-state index contributed by atoms with van der Waals surface area (Å²) in [6.45, 7) is 6.80. The standard InChI is InChI=1S/C16H25N3O/c1-3-4-10-17-16(20)14-8-11-19(12-9-14)15-7-5-6-13(2)18-15/h5-7,14H,3-4,8-12H2,1-2H3,(H,17,20). The summed E-state index contributed by atoms with van der Waals surface area (Å²) in [4.78, 5) is 18.9. The van der Waals surface area contributed by atoms with Gasteiger partial charge in [0.05, 0.1) is 0 Å². The molecule has 110 valence electrons. The highest BCUT2D eigenvalue weighted by Crippen LogP contribution is 2.22. The lowest BCUT2D eigenvalue weighted by Gasteiger charge is -2.32. The van der Waals surface area contributed by atoms with E-state index in [0.717, 1.165) is 56.8 Å². The van der Waals surface area contributed by atoms with Crippen molar-refractivity contribution in [2.75, 3.05) is 24.5 Å². The molecule has 0 saturated carbocycles. The van der Waals surface area contributed by atoms with Crippen molar-refractivity contribution < 1.29 is 4.79 Å². The van der Waals surface area contributed by atoms with E-state index in [4.69, 9.17) is 0 Å². The Hall–Kier alpha value is -1.58. The molecule has 0 aromatic carbocycles. The van der Waals surface area contributed by atoms with Gasteiger partial charge in [-0.05, 0) is 38.3 Å². The predicted octanol–water partition coefficient (Wildman–Crippen LogP) is 2.52. The molecule has 1 N–H and O–H groups in total. The fourth-order valence-corrected chi connectivity index (χ4v) is 2.61. The predicted molar refractivity (Wildman–Crippen MR) is 81.8 cm³/mol. The van der Waals surface area contributed by atoms with Gasteiger partial charge in [-0.2, -0.15) is 0 Å². The van der Waals surface area contributed by atoms with Gasteiger partial charge in [-0.15, -0.1) is 0 Å². The summed E-state index contributed by atoms with van der Waals surface area (Å²) in [7, 11) is 0. The molecule has 4 heteroatoms. The second-order valence-corrected chi connectivity index (χ2v) is 5.54. The van der Waals surface area contributed by atoms with Crippen molar-refractivity contribution in [2.24, 2.45) is 5.92 Å². The second-order valence-electron chi connectivity index (χ2n) is 5.54. The van der Waals surface area contributed by atoms with Crippen LogP contribution in [0.25, 0.3) is 0 Å². The molecule has 1 aliphatic rings. The molecule has 20 heavy (non-hydrogen) atoms. The fraction of sp³-hybridized carbons (Fsp3) is 0.625. The Labute approximate surface area is 121 Å². The van der Waals surface area contributed by atoms with Gasteiger partial charge < -0.3 is 10.2 Å². The summed E-state index contributed by atoms with van der Waals surface area (Å²) in [5.41, 5.74) is 1.04. The first-order chi connectivity index (χ1) is 9.70. The summed E-state index contributed by atoms with van der Waals surface area (Å²) in [6, 6.07) is 6.10. The first kappa shape index (κ1) is 14.8. The lowest BCUT2D eigenvalue weighted by molar-refractivity contribution is -0.125. The van der Waals surface area contributed by atoms with Crippen molar-refractivity contribution in [3.8, 4) is 0 Å². The highest BCUT2D eigenvalue weighted by molar-refractivity contribution is 5.78. The minimum Gasteiger partial charge on any atom is -0.357 e. The van der Waals surface area contributed by atoms with E-state index in [-0.39, 0.29) is 11.8 Å². The maximum atomic E-state index is 12.0. The number of hydrogen-bond acceptors (Lipinski definition) is 3. The number of pyridine rings is 1. The van der Waals surface area contributed by atoms with Crippen LogP contribution in [0.3, 0.4) is 0 Å². The van der Waals surface area contributed by atoms with Gasteiger partial charge in [0.15, 0.2) is 0 Å². The van der Waals surface area contributed by atoms with E-state index < -0.39 is 0 Å². The molecule has 0 spiro atoms. The van der Waals surface area contributed by atoms with Crippen LogP contribution in [-0.4, -0.2) is 30.5 Å². The van der Waals surface area contributed by atoms with Crippen LogP contribution in [0.5, 0.6) is 0 Å². The van der Waals surface area contributed by atoms with Crippen LogP contribution in [0.2, 0.25) is 0 Å². The zero-order valence-electron chi connectivity index (χ0n) is 12.6. The van der Waals surface area contributed by atoms with Gasteiger partial charge >= 0.3 is 0 Å². The Morgan fingerprint density at radius 2 is 2.15 bits per heavy atom. The normalized spacial score (nSPS) is 16.2. The second kappa shape index (κ2) is 7.27. The molecular formula is C16H25N3O. The van der Waals surface area contributed by atoms with Crippen LogP contribution in [0.1, 0.15) is 38.3 Å². The zero-order valence-corrected chi connectivity index (χ0v) is 12.6. The molecule has 2 rings (SSSR count). The molecule has 4 nitrogen and oxygen atoms in total. The quantitative estimate of drug-likeness (QED) is 0.840. The average Bonchev–Trinajstić information content (AvgIpc) is 2.47. The summed E-state index contributed by atoms with van der Waals surface area (Å²) >= 11 is 0. The molecule has 0 bridgehead atoms. The maximum absolute atomic E-state index is 12.0. The number of carbonyl (C=O) groups excluding carboxylic acids is 1. The van der Waals surface area contributed by atoms with E-state index in [9.17, 15) is 4.79 Å². The summed E-state index contributed by atoms with van der Waals surface area (Å²) in [5, 5.41) is 3.04. The summed E-state index contributed by atoms with van der Waals surface area (Å²) in [6.07, 6.45) is 4.04. The Balaban J connectivity index is 1.81. The minimum atomic E-state index is 0.174. The van der Waals surface area contributed by atoms with E-state index in [1.165, 1.54) is 0 Å². The van der Waals surface area contributed by atoms with Crippen molar-refractivity contribution >= 4 is 11.7 Å². The number of nitrogens with one attached hydrogen (secondary N) is 1. The average molecular weight is 275 g/mol. The molecule has 0 unspecified atom stereocenters. The minimum absolute atomic E-state index is 0.174. The third-order valence-corrected chi connectivity index (χ3v) is 3.89. The molecule has 2 heterocycles. The Kier molecular flexibility index (Phi) is 5.39. The van der Waals surface area contributed by atoms with Gasteiger partial charge in [-0.3, -0.25) is 4.79 Å². The SMILES string of the molecule is CCCCNC(=O)C1CCN(c2cccc(C)n2)CC1. The third-order valence-electron chi connectivity index (χ3n) is 3.89. The number of nitrogens with zero attached hydrogens (tertiary/aromatic N) is 2. The molecule has 1 aliphatic heterocycles. The number of amides is 1. The zero-order chi connectivity index (χ0) is 14.4. The third kappa shape index (κ3) is 3.95. The molecule has 0 aliphatic carbocycles. The van der Waals surface area contributed by atoms with Crippen LogP contribution < -0.4 is 10.2 Å². The number of aryl methyl sites for hydroxylation is 1. The highest BCUT2D eigenvalue weighted by atomic mass is 16.1. The number of aromatic nitrogens is 1. The smallest absolute Gasteiger partial charge is 0.223 e. The van der Waals surface area contributed by atoms with Gasteiger partial charge in [0, 0.05) is 31.2 Å². The van der Waals surface area contributed by atoms with Crippen molar-refractivity contribution in [2.45, 2.75) is 39.5 Å². The van der Waals surface area contributed by atoms with Crippen molar-refractivity contribution in [1.29, 1.82) is 0 Å². The summed E-state index contributed by atoms with van der Waals surface area (Å²) in [5.74, 6) is 1.44. The number of piperidine rings is 1. The topological polar surface area (TPSA) is 45.2 Å². The van der Waals surface area contributed by atoms with E-state index >= 15 is 0 Å².